The summed E-state index contributed by atoms with van der Waals surface area (Å²) in [6.07, 6.45) is 1.77. The van der Waals surface area contributed by atoms with E-state index in [-0.39, 0.29) is 24.2 Å². The molecule has 1 amide bonds. The number of hydrogen-bond donors (Lipinski definition) is 2. The van der Waals surface area contributed by atoms with Crippen molar-refractivity contribution >= 4 is 24.0 Å². The number of hydrogen-bond acceptors (Lipinski definition) is 4. The van der Waals surface area contributed by atoms with Gasteiger partial charge >= 0.3 is 0 Å². The Balaban J connectivity index is 0.00000208. The molecule has 24 heavy (non-hydrogen) atoms. The van der Waals surface area contributed by atoms with Gasteiger partial charge in [-0.15, -0.1) is 12.4 Å². The maximum atomic E-state index is 12.2. The van der Waals surface area contributed by atoms with Crippen LogP contribution in [0.25, 0.3) is 11.5 Å². The van der Waals surface area contributed by atoms with Gasteiger partial charge in [0.05, 0.1) is 6.20 Å². The highest BCUT2D eigenvalue weighted by atomic mass is 35.5. The Labute approximate surface area is 148 Å². The largest absolute Gasteiger partial charge is 0.441 e. The summed E-state index contributed by atoms with van der Waals surface area (Å²) in [6.45, 7) is 7.98. The second-order valence-electron chi connectivity index (χ2n) is 6.50. The number of nitrogens with one attached hydrogen (secondary N) is 2. The van der Waals surface area contributed by atoms with E-state index in [1.54, 1.807) is 6.20 Å². The average molecular weight is 350 g/mol. The molecule has 130 valence electrons. The molecule has 0 aliphatic carbocycles. The fraction of sp³-hybridized carbons (Fsp3) is 0.444. The van der Waals surface area contributed by atoms with E-state index in [0.29, 0.717) is 17.7 Å². The zero-order chi connectivity index (χ0) is 16.4. The van der Waals surface area contributed by atoms with E-state index in [2.05, 4.69) is 29.5 Å². The lowest BCUT2D eigenvalue weighted by molar-refractivity contribution is -0.121. The first-order chi connectivity index (χ1) is 11.0. The molecule has 1 aromatic carbocycles. The van der Waals surface area contributed by atoms with Crippen molar-refractivity contribution in [3.8, 4) is 11.5 Å². The quantitative estimate of drug-likeness (QED) is 0.864. The van der Waals surface area contributed by atoms with Crippen LogP contribution in [0.1, 0.15) is 32.4 Å². The molecule has 6 heteroatoms. The van der Waals surface area contributed by atoms with Crippen LogP contribution >= 0.6 is 12.4 Å². The molecular weight excluding hydrogens is 326 g/mol. The Kier molecular flexibility index (Phi) is 6.02. The van der Waals surface area contributed by atoms with Gasteiger partial charge in [0.2, 0.25) is 11.8 Å². The first-order valence-corrected chi connectivity index (χ1v) is 8.12. The minimum absolute atomic E-state index is 0. The van der Waals surface area contributed by atoms with Gasteiger partial charge in [0, 0.05) is 23.1 Å². The number of oxazole rings is 1. The van der Waals surface area contributed by atoms with E-state index < -0.39 is 0 Å². The molecule has 1 saturated heterocycles. The summed E-state index contributed by atoms with van der Waals surface area (Å²) in [5, 5.41) is 6.17. The number of carbonyl (C=O) groups is 1. The molecule has 2 N–H and O–H groups in total. The number of halogens is 1. The molecule has 1 aromatic heterocycles. The van der Waals surface area contributed by atoms with Crippen LogP contribution in [0.15, 0.2) is 34.9 Å². The Hall–Kier alpha value is -1.85. The molecule has 1 fully saturated rings. The van der Waals surface area contributed by atoms with E-state index >= 15 is 0 Å². The monoisotopic (exact) mass is 349 g/mol. The van der Waals surface area contributed by atoms with E-state index in [1.807, 2.05) is 31.2 Å². The van der Waals surface area contributed by atoms with Crippen LogP contribution in [0, 0.1) is 11.8 Å². The van der Waals surface area contributed by atoms with E-state index in [0.717, 1.165) is 30.1 Å². The smallest absolute Gasteiger partial charge is 0.227 e. The van der Waals surface area contributed by atoms with Crippen molar-refractivity contribution in [3.05, 3.63) is 36.2 Å². The number of carbonyl (C=O) groups excluding carboxylic acids is 1. The van der Waals surface area contributed by atoms with Crippen molar-refractivity contribution < 1.29 is 9.21 Å². The number of aromatic nitrogens is 1. The van der Waals surface area contributed by atoms with Gasteiger partial charge in [-0.2, -0.15) is 0 Å². The van der Waals surface area contributed by atoms with Crippen LogP contribution in [0.5, 0.6) is 0 Å². The predicted octanol–water partition coefficient (Wildman–Crippen LogP) is 3.68. The molecule has 1 unspecified atom stereocenters. The van der Waals surface area contributed by atoms with Crippen molar-refractivity contribution in [2.24, 2.45) is 11.8 Å². The number of nitrogens with zero attached hydrogens (tertiary/aromatic N) is 1. The third-order valence-corrected chi connectivity index (χ3v) is 4.43. The van der Waals surface area contributed by atoms with Gasteiger partial charge in [-0.05, 0) is 43.3 Å². The standard InChI is InChI=1S/C18H23N3O2.ClH/c1-11(2)16-10-20-18(23-16)13-4-6-15(7-5-13)21-17(22)12(3)14-8-19-9-14;/h4-7,10-12,14,19H,8-9H2,1-3H3,(H,21,22);1H. The predicted molar refractivity (Wildman–Crippen MR) is 97.4 cm³/mol. The molecule has 3 rings (SSSR count). The Morgan fingerprint density at radius 3 is 2.42 bits per heavy atom. The average Bonchev–Trinajstić information content (AvgIpc) is 2.96. The van der Waals surface area contributed by atoms with Crippen molar-refractivity contribution in [2.45, 2.75) is 26.7 Å². The summed E-state index contributed by atoms with van der Waals surface area (Å²) >= 11 is 0. The number of anilines is 1. The summed E-state index contributed by atoms with van der Waals surface area (Å²) in [7, 11) is 0. The Morgan fingerprint density at radius 1 is 1.25 bits per heavy atom. The molecule has 5 nitrogen and oxygen atoms in total. The molecule has 0 bridgehead atoms. The molecule has 1 aliphatic rings. The third kappa shape index (κ3) is 3.97. The fourth-order valence-electron chi connectivity index (χ4n) is 2.52. The summed E-state index contributed by atoms with van der Waals surface area (Å²) in [4.78, 5) is 16.5. The lowest BCUT2D eigenvalue weighted by Gasteiger charge is -2.31. The zero-order valence-electron chi connectivity index (χ0n) is 14.2. The number of benzene rings is 1. The second kappa shape index (κ2) is 7.81. The highest BCUT2D eigenvalue weighted by Crippen LogP contribution is 2.25. The van der Waals surface area contributed by atoms with Gasteiger partial charge in [0.15, 0.2) is 0 Å². The Bertz CT molecular complexity index is 678. The third-order valence-electron chi connectivity index (χ3n) is 4.43. The van der Waals surface area contributed by atoms with Gasteiger partial charge in [-0.25, -0.2) is 4.98 Å². The van der Waals surface area contributed by atoms with Gasteiger partial charge < -0.3 is 15.1 Å². The number of amides is 1. The van der Waals surface area contributed by atoms with Crippen LogP contribution < -0.4 is 10.6 Å². The maximum Gasteiger partial charge on any atom is 0.227 e. The summed E-state index contributed by atoms with van der Waals surface area (Å²) in [6, 6.07) is 7.61. The van der Waals surface area contributed by atoms with Crippen LogP contribution in [-0.2, 0) is 4.79 Å². The van der Waals surface area contributed by atoms with E-state index in [1.165, 1.54) is 0 Å². The van der Waals surface area contributed by atoms with Crippen molar-refractivity contribution in [2.75, 3.05) is 18.4 Å². The SMILES string of the molecule is CC(C)c1cnc(-c2ccc(NC(=O)C(C)C3CNC3)cc2)o1.Cl. The minimum Gasteiger partial charge on any atom is -0.441 e. The van der Waals surface area contributed by atoms with Gasteiger partial charge in [0.25, 0.3) is 0 Å². The van der Waals surface area contributed by atoms with Crippen LogP contribution in [0.3, 0.4) is 0 Å². The summed E-state index contributed by atoms with van der Waals surface area (Å²) in [5.74, 6) is 2.34. The first kappa shape index (κ1) is 18.5. The lowest BCUT2D eigenvalue weighted by atomic mass is 9.88. The van der Waals surface area contributed by atoms with Gasteiger partial charge in [0.1, 0.15) is 5.76 Å². The molecule has 2 aromatic rings. The molecule has 1 aliphatic heterocycles. The second-order valence-corrected chi connectivity index (χ2v) is 6.50. The van der Waals surface area contributed by atoms with Crippen LogP contribution in [0.4, 0.5) is 5.69 Å². The molecule has 0 saturated carbocycles. The van der Waals surface area contributed by atoms with E-state index in [9.17, 15) is 4.79 Å². The lowest BCUT2D eigenvalue weighted by Crippen LogP contribution is -2.48. The maximum absolute atomic E-state index is 12.2. The zero-order valence-corrected chi connectivity index (χ0v) is 15.0. The van der Waals surface area contributed by atoms with Crippen molar-refractivity contribution in [1.29, 1.82) is 0 Å². The molecule has 1 atom stereocenters. The van der Waals surface area contributed by atoms with Gasteiger partial charge in [-0.3, -0.25) is 4.79 Å². The summed E-state index contributed by atoms with van der Waals surface area (Å²) in [5.41, 5.74) is 1.71. The highest BCUT2D eigenvalue weighted by molar-refractivity contribution is 5.92. The van der Waals surface area contributed by atoms with Crippen LogP contribution in [0.2, 0.25) is 0 Å². The fourth-order valence-corrected chi connectivity index (χ4v) is 2.52. The number of rotatable bonds is 5. The van der Waals surface area contributed by atoms with Crippen molar-refractivity contribution in [1.82, 2.24) is 10.3 Å². The molecule has 0 radical (unpaired) electrons. The normalized spacial score (nSPS) is 15.5. The highest BCUT2D eigenvalue weighted by Gasteiger charge is 2.28. The van der Waals surface area contributed by atoms with E-state index in [4.69, 9.17) is 4.42 Å². The van der Waals surface area contributed by atoms with Gasteiger partial charge in [-0.1, -0.05) is 20.8 Å². The minimum atomic E-state index is 0. The molecule has 0 spiro atoms. The van der Waals surface area contributed by atoms with Crippen molar-refractivity contribution in [3.63, 3.8) is 0 Å². The molecule has 2 heterocycles. The Morgan fingerprint density at radius 2 is 1.92 bits per heavy atom. The topological polar surface area (TPSA) is 67.2 Å². The summed E-state index contributed by atoms with van der Waals surface area (Å²) < 4.78 is 5.74. The first-order valence-electron chi connectivity index (χ1n) is 8.12. The van der Waals surface area contributed by atoms with Crippen LogP contribution in [-0.4, -0.2) is 24.0 Å². The molecular formula is C18H24ClN3O2.